The maximum atomic E-state index is 13.1. The van der Waals surface area contributed by atoms with Crippen molar-refractivity contribution in [3.05, 3.63) is 68.0 Å². The molecule has 1 N–H and O–H groups in total. The van der Waals surface area contributed by atoms with Crippen LogP contribution < -0.4 is 11.2 Å². The third-order valence-electron chi connectivity index (χ3n) is 5.53. The van der Waals surface area contributed by atoms with Crippen LogP contribution in [-0.4, -0.2) is 40.9 Å². The molecule has 35 heavy (non-hydrogen) atoms. The van der Waals surface area contributed by atoms with Gasteiger partial charge in [-0.05, 0) is 30.5 Å². The second-order valence-electron chi connectivity index (χ2n) is 8.02. The number of aryl methyl sites for hydroxylation is 1. The van der Waals surface area contributed by atoms with Crippen LogP contribution in [0.4, 0.5) is 13.2 Å². The molecule has 1 fully saturated rings. The number of terminal acetylenes is 1. The van der Waals surface area contributed by atoms with E-state index >= 15 is 0 Å². The Kier molecular flexibility index (Phi) is 8.53. The number of nitrogens with zero attached hydrogens (tertiary/aromatic N) is 1. The van der Waals surface area contributed by atoms with Crippen LogP contribution in [0.5, 0.6) is 0 Å². The smallest absolute Gasteiger partial charge is 0.423 e. The lowest BCUT2D eigenvalue weighted by Gasteiger charge is -2.18. The molecule has 188 valence electrons. The number of alkyl halides is 3. The van der Waals surface area contributed by atoms with Crippen molar-refractivity contribution in [1.82, 2.24) is 9.55 Å². The molecule has 0 aliphatic carbocycles. The van der Waals surface area contributed by atoms with E-state index in [-0.39, 0.29) is 19.6 Å². The van der Waals surface area contributed by atoms with E-state index in [2.05, 4.69) is 12.8 Å². The molecular formula is C24H25F3N2O6. The maximum absolute atomic E-state index is 13.1. The molecule has 8 nitrogen and oxygen atoms in total. The Morgan fingerprint density at radius 1 is 1.29 bits per heavy atom. The van der Waals surface area contributed by atoms with Gasteiger partial charge in [0.15, 0.2) is 0 Å². The topological polar surface area (TPSA) is 99.6 Å². The Morgan fingerprint density at radius 3 is 2.63 bits per heavy atom. The number of aromatic amines is 1. The summed E-state index contributed by atoms with van der Waals surface area (Å²) in [5.74, 6) is 1.66. The van der Waals surface area contributed by atoms with E-state index < -0.39 is 47.4 Å². The molecule has 0 amide bonds. The van der Waals surface area contributed by atoms with Crippen LogP contribution >= 0.6 is 0 Å². The van der Waals surface area contributed by atoms with Crippen LogP contribution in [-0.2, 0) is 26.8 Å². The number of halogens is 3. The summed E-state index contributed by atoms with van der Waals surface area (Å²) in [6.07, 6.45) is 0.706. The number of carbonyl (C=O) groups excluding carboxylic acids is 1. The van der Waals surface area contributed by atoms with Gasteiger partial charge in [-0.1, -0.05) is 31.4 Å². The van der Waals surface area contributed by atoms with Crippen LogP contribution in [0.15, 0.2) is 40.1 Å². The van der Waals surface area contributed by atoms with Crippen LogP contribution in [0.1, 0.15) is 53.9 Å². The highest BCUT2D eigenvalue weighted by Crippen LogP contribution is 2.32. The van der Waals surface area contributed by atoms with Crippen molar-refractivity contribution in [3.63, 3.8) is 0 Å². The van der Waals surface area contributed by atoms with E-state index in [1.54, 1.807) is 17.1 Å². The molecule has 0 radical (unpaired) electrons. The van der Waals surface area contributed by atoms with E-state index in [0.29, 0.717) is 16.3 Å². The van der Waals surface area contributed by atoms with Gasteiger partial charge in [0.1, 0.15) is 31.1 Å². The predicted octanol–water partition coefficient (Wildman–Crippen LogP) is 3.06. The zero-order valence-electron chi connectivity index (χ0n) is 19.0. The first-order valence-corrected chi connectivity index (χ1v) is 11.0. The minimum Gasteiger partial charge on any atom is -0.459 e. The first kappa shape index (κ1) is 26.2. The van der Waals surface area contributed by atoms with Crippen molar-refractivity contribution in [2.75, 3.05) is 13.2 Å². The third-order valence-corrected chi connectivity index (χ3v) is 5.53. The Labute approximate surface area is 199 Å². The second-order valence-corrected chi connectivity index (χ2v) is 8.02. The maximum Gasteiger partial charge on any atom is 0.423 e. The fraction of sp³-hybridized carbons (Fsp3) is 0.458. The lowest BCUT2D eigenvalue weighted by Crippen LogP contribution is -2.36. The lowest BCUT2D eigenvalue weighted by atomic mass is 10.1. The largest absolute Gasteiger partial charge is 0.459 e. The van der Waals surface area contributed by atoms with Gasteiger partial charge in [0, 0.05) is 12.6 Å². The molecule has 2 aromatic rings. The Balaban J connectivity index is 1.73. The summed E-state index contributed by atoms with van der Waals surface area (Å²) in [7, 11) is 0. The molecule has 0 unspecified atom stereocenters. The number of ether oxygens (including phenoxy) is 3. The summed E-state index contributed by atoms with van der Waals surface area (Å²) >= 11 is 0. The van der Waals surface area contributed by atoms with Gasteiger partial charge in [0.2, 0.25) is 0 Å². The van der Waals surface area contributed by atoms with Crippen molar-refractivity contribution in [3.8, 4) is 12.3 Å². The highest BCUT2D eigenvalue weighted by molar-refractivity contribution is 5.89. The number of rotatable bonds is 9. The van der Waals surface area contributed by atoms with Gasteiger partial charge in [-0.3, -0.25) is 14.3 Å². The van der Waals surface area contributed by atoms with Crippen molar-refractivity contribution in [1.29, 1.82) is 0 Å². The third kappa shape index (κ3) is 6.61. The number of aromatic nitrogens is 2. The molecule has 1 saturated heterocycles. The lowest BCUT2D eigenvalue weighted by molar-refractivity contribution is -0.139. The molecule has 1 aliphatic rings. The molecule has 11 heteroatoms. The summed E-state index contributed by atoms with van der Waals surface area (Å²) < 4.78 is 56.6. The Hall–Kier alpha value is -3.36. The number of hydrogen-bond donors (Lipinski definition) is 1. The average molecular weight is 494 g/mol. The quantitative estimate of drug-likeness (QED) is 0.425. The Morgan fingerprint density at radius 2 is 2.00 bits per heavy atom. The van der Waals surface area contributed by atoms with Gasteiger partial charge in [0.05, 0.1) is 11.7 Å². The van der Waals surface area contributed by atoms with Gasteiger partial charge in [0.25, 0.3) is 5.56 Å². The molecule has 0 bridgehead atoms. The van der Waals surface area contributed by atoms with Crippen LogP contribution in [0.2, 0.25) is 0 Å². The van der Waals surface area contributed by atoms with Gasteiger partial charge in [-0.2, -0.15) is 13.2 Å². The highest BCUT2D eigenvalue weighted by atomic mass is 19.4. The number of esters is 1. The second kappa shape index (κ2) is 11.4. The minimum atomic E-state index is -4.97. The number of hydrogen-bond acceptors (Lipinski definition) is 6. The van der Waals surface area contributed by atoms with Gasteiger partial charge in [-0.15, -0.1) is 6.42 Å². The normalized spacial score (nSPS) is 19.9. The van der Waals surface area contributed by atoms with Crippen LogP contribution in [0.3, 0.4) is 0 Å². The summed E-state index contributed by atoms with van der Waals surface area (Å²) in [5, 5.41) is 0. The molecule has 0 saturated carbocycles. The van der Waals surface area contributed by atoms with Crippen LogP contribution in [0.25, 0.3) is 0 Å². The number of nitrogens with one attached hydrogen (secondary N) is 1. The van der Waals surface area contributed by atoms with Gasteiger partial charge >= 0.3 is 17.8 Å². The van der Waals surface area contributed by atoms with E-state index in [4.69, 9.17) is 20.6 Å². The Bertz CT molecular complexity index is 1180. The van der Waals surface area contributed by atoms with Gasteiger partial charge < -0.3 is 14.2 Å². The SMILES string of the molecule is C#CCO[C@H]1C[C@H](n2cc(C(F)(F)F)c(=O)[nH]c2=O)O[C@@H]1COC(=O)c1ccc(CCCC)cc1. The minimum absolute atomic E-state index is 0.0563. The number of unbranched alkanes of at least 4 members (excludes halogenated alkanes) is 1. The predicted molar refractivity (Wildman–Crippen MR) is 119 cm³/mol. The van der Waals surface area contributed by atoms with Crippen LogP contribution in [0, 0.1) is 12.3 Å². The first-order valence-electron chi connectivity index (χ1n) is 11.0. The molecule has 1 aliphatic heterocycles. The van der Waals surface area contributed by atoms with E-state index in [1.807, 2.05) is 12.1 Å². The molecule has 1 aromatic heterocycles. The fourth-order valence-electron chi connectivity index (χ4n) is 3.68. The number of H-pyrrole nitrogens is 1. The first-order chi connectivity index (χ1) is 16.6. The van der Waals surface area contributed by atoms with Crippen molar-refractivity contribution in [2.45, 2.75) is 57.2 Å². The van der Waals surface area contributed by atoms with Gasteiger partial charge in [-0.25, -0.2) is 9.59 Å². The summed E-state index contributed by atoms with van der Waals surface area (Å²) in [5.41, 5.74) is -2.75. The van der Waals surface area contributed by atoms with Crippen molar-refractivity contribution >= 4 is 5.97 Å². The summed E-state index contributed by atoms with van der Waals surface area (Å²) in [6, 6.07) is 6.98. The molecule has 2 heterocycles. The molecular weight excluding hydrogens is 469 g/mol. The fourth-order valence-corrected chi connectivity index (χ4v) is 3.68. The standard InChI is InChI=1S/C24H25F3N2O6/c1-3-5-6-15-7-9-16(10-8-15)22(31)34-14-19-18(33-11-4-2)12-20(35-19)29-13-17(24(25,26)27)21(30)28-23(29)32/h2,7-10,13,18-20H,3,5-6,11-12,14H2,1H3,(H,28,30,32)/t18-,19+,20+/m0/s1. The molecule has 3 atom stereocenters. The average Bonchev–Trinajstić information content (AvgIpc) is 3.21. The monoisotopic (exact) mass is 494 g/mol. The number of benzene rings is 1. The molecule has 0 spiro atoms. The van der Waals surface area contributed by atoms with Crippen molar-refractivity contribution in [2.24, 2.45) is 0 Å². The van der Waals surface area contributed by atoms with E-state index in [9.17, 15) is 27.6 Å². The zero-order chi connectivity index (χ0) is 25.6. The van der Waals surface area contributed by atoms with E-state index in [0.717, 1.165) is 24.8 Å². The number of carbonyl (C=O) groups is 1. The molecule has 3 rings (SSSR count). The van der Waals surface area contributed by atoms with E-state index in [1.165, 1.54) is 0 Å². The highest BCUT2D eigenvalue weighted by Gasteiger charge is 2.40. The summed E-state index contributed by atoms with van der Waals surface area (Å²) in [6.45, 7) is 1.68. The molecule has 1 aromatic carbocycles. The van der Waals surface area contributed by atoms with Crippen molar-refractivity contribution < 1.29 is 32.2 Å². The zero-order valence-corrected chi connectivity index (χ0v) is 19.0. The summed E-state index contributed by atoms with van der Waals surface area (Å²) in [4.78, 5) is 37.9.